The van der Waals surface area contributed by atoms with Crippen LogP contribution in [0, 0.1) is 17.0 Å². The molecule has 0 aliphatic heterocycles. The maximum absolute atomic E-state index is 14.5. The average Bonchev–Trinajstić information content (AvgIpc) is 2.61. The van der Waals surface area contributed by atoms with E-state index in [0.717, 1.165) is 16.8 Å². The van der Waals surface area contributed by atoms with Gasteiger partial charge in [0, 0.05) is 35.3 Å². The molecular formula is C18H20F2N2O4. The van der Waals surface area contributed by atoms with Gasteiger partial charge in [0.15, 0.2) is 11.6 Å². The molecule has 2 aromatic rings. The lowest BCUT2D eigenvalue weighted by molar-refractivity contribution is -0.138. The molecule has 0 fully saturated rings. The number of aromatic nitrogens is 1. The second kappa shape index (κ2) is 7.65. The molecule has 26 heavy (non-hydrogen) atoms. The fourth-order valence-electron chi connectivity index (χ4n) is 2.47. The van der Waals surface area contributed by atoms with Crippen molar-refractivity contribution in [1.82, 2.24) is 10.0 Å². The van der Waals surface area contributed by atoms with Crippen LogP contribution in [0.2, 0.25) is 0 Å². The quantitative estimate of drug-likeness (QED) is 0.609. The van der Waals surface area contributed by atoms with Gasteiger partial charge in [0.2, 0.25) is 5.91 Å². The van der Waals surface area contributed by atoms with Crippen LogP contribution in [0.4, 0.5) is 8.78 Å². The second-order valence-electron chi connectivity index (χ2n) is 6.46. The summed E-state index contributed by atoms with van der Waals surface area (Å²) >= 11 is 0. The molecule has 1 aromatic carbocycles. The summed E-state index contributed by atoms with van der Waals surface area (Å²) in [5.74, 6) is -2.20. The van der Waals surface area contributed by atoms with E-state index in [4.69, 9.17) is 9.94 Å². The number of amides is 1. The standard InChI is InChI=1S/C18H20F2N2O4/c1-18(2,17(24)21-25)7-8-22-10-13(19)12(9-15(22)23)11-5-4-6-14(26-3)16(11)20/h4-6,9-10,25H,7-8H2,1-3H3,(H,21,24). The van der Waals surface area contributed by atoms with E-state index in [-0.39, 0.29) is 29.8 Å². The number of carbonyl (C=O) groups excluding carboxylic acids is 1. The number of carbonyl (C=O) groups is 1. The molecule has 0 saturated heterocycles. The van der Waals surface area contributed by atoms with Crippen LogP contribution >= 0.6 is 0 Å². The minimum atomic E-state index is -0.956. The van der Waals surface area contributed by atoms with Crippen molar-refractivity contribution < 1.29 is 23.5 Å². The Balaban J connectivity index is 2.35. The Morgan fingerprint density at radius 1 is 1.31 bits per heavy atom. The number of methoxy groups -OCH3 is 1. The van der Waals surface area contributed by atoms with Crippen LogP contribution in [0.1, 0.15) is 20.3 Å². The molecule has 0 atom stereocenters. The molecule has 140 valence electrons. The second-order valence-corrected chi connectivity index (χ2v) is 6.46. The van der Waals surface area contributed by atoms with Crippen molar-refractivity contribution in [1.29, 1.82) is 0 Å². The molecule has 0 saturated carbocycles. The molecule has 0 aliphatic carbocycles. The summed E-state index contributed by atoms with van der Waals surface area (Å²) in [6.45, 7) is 3.22. The third-order valence-corrected chi connectivity index (χ3v) is 4.24. The van der Waals surface area contributed by atoms with E-state index < -0.39 is 28.5 Å². The number of aryl methyl sites for hydroxylation is 1. The number of ether oxygens (including phenoxy) is 1. The van der Waals surface area contributed by atoms with Crippen LogP contribution in [0.5, 0.6) is 5.75 Å². The molecule has 0 radical (unpaired) electrons. The van der Waals surface area contributed by atoms with Gasteiger partial charge in [0.1, 0.15) is 5.82 Å². The highest BCUT2D eigenvalue weighted by Gasteiger charge is 2.27. The van der Waals surface area contributed by atoms with E-state index in [2.05, 4.69) is 0 Å². The van der Waals surface area contributed by atoms with Gasteiger partial charge >= 0.3 is 0 Å². The van der Waals surface area contributed by atoms with E-state index in [1.54, 1.807) is 19.3 Å². The number of rotatable bonds is 6. The number of pyridine rings is 1. The fraction of sp³-hybridized carbons (Fsp3) is 0.333. The van der Waals surface area contributed by atoms with Crippen LogP contribution < -0.4 is 15.8 Å². The van der Waals surface area contributed by atoms with Crippen molar-refractivity contribution in [3.63, 3.8) is 0 Å². The summed E-state index contributed by atoms with van der Waals surface area (Å²) in [6.07, 6.45) is 1.16. The van der Waals surface area contributed by atoms with Crippen molar-refractivity contribution in [2.24, 2.45) is 5.41 Å². The van der Waals surface area contributed by atoms with Gasteiger partial charge in [0.25, 0.3) is 5.56 Å². The van der Waals surface area contributed by atoms with Gasteiger partial charge in [-0.1, -0.05) is 26.0 Å². The molecule has 1 heterocycles. The summed E-state index contributed by atoms with van der Waals surface area (Å²) in [5, 5.41) is 8.72. The van der Waals surface area contributed by atoms with E-state index in [0.29, 0.717) is 0 Å². The van der Waals surface area contributed by atoms with Gasteiger partial charge in [-0.15, -0.1) is 0 Å². The zero-order valence-corrected chi connectivity index (χ0v) is 14.7. The molecule has 0 aliphatic rings. The molecule has 2 N–H and O–H groups in total. The first kappa shape index (κ1) is 19.6. The van der Waals surface area contributed by atoms with Gasteiger partial charge in [-0.25, -0.2) is 14.3 Å². The van der Waals surface area contributed by atoms with E-state index in [1.807, 2.05) is 0 Å². The Bertz CT molecular complexity index is 878. The lowest BCUT2D eigenvalue weighted by Gasteiger charge is -2.22. The highest BCUT2D eigenvalue weighted by Crippen LogP contribution is 2.30. The SMILES string of the molecule is COc1cccc(-c2cc(=O)n(CCC(C)(C)C(=O)NO)cc2F)c1F. The number of halogens is 2. The van der Waals surface area contributed by atoms with E-state index in [1.165, 1.54) is 25.3 Å². The van der Waals surface area contributed by atoms with Crippen molar-refractivity contribution in [2.75, 3.05) is 7.11 Å². The van der Waals surface area contributed by atoms with Gasteiger partial charge in [-0.2, -0.15) is 0 Å². The summed E-state index contributed by atoms with van der Waals surface area (Å²) in [7, 11) is 1.29. The Hall–Kier alpha value is -2.74. The lowest BCUT2D eigenvalue weighted by Crippen LogP contribution is -2.36. The van der Waals surface area contributed by atoms with Crippen molar-refractivity contribution >= 4 is 5.91 Å². The number of hydrogen-bond donors (Lipinski definition) is 2. The molecule has 6 nitrogen and oxygen atoms in total. The largest absolute Gasteiger partial charge is 0.494 e. The monoisotopic (exact) mass is 366 g/mol. The predicted octanol–water partition coefficient (Wildman–Crippen LogP) is 2.72. The normalized spacial score (nSPS) is 11.3. The molecule has 1 aromatic heterocycles. The van der Waals surface area contributed by atoms with Gasteiger partial charge in [-0.05, 0) is 12.5 Å². The van der Waals surface area contributed by atoms with Crippen LogP contribution in [0.15, 0.2) is 35.3 Å². The highest BCUT2D eigenvalue weighted by atomic mass is 19.1. The number of hydroxylamine groups is 1. The Morgan fingerprint density at radius 2 is 2.00 bits per heavy atom. The third kappa shape index (κ3) is 3.91. The first-order chi connectivity index (χ1) is 12.2. The Labute approximate surface area is 149 Å². The van der Waals surface area contributed by atoms with E-state index >= 15 is 0 Å². The predicted molar refractivity (Wildman–Crippen MR) is 90.9 cm³/mol. The zero-order chi connectivity index (χ0) is 19.5. The smallest absolute Gasteiger partial charge is 0.251 e. The van der Waals surface area contributed by atoms with Gasteiger partial charge in [0.05, 0.1) is 7.11 Å². The first-order valence-electron chi connectivity index (χ1n) is 7.88. The first-order valence-corrected chi connectivity index (χ1v) is 7.88. The third-order valence-electron chi connectivity index (χ3n) is 4.24. The number of nitrogens with one attached hydrogen (secondary N) is 1. The van der Waals surface area contributed by atoms with E-state index in [9.17, 15) is 18.4 Å². The van der Waals surface area contributed by atoms with Gasteiger partial charge in [-0.3, -0.25) is 14.8 Å². The molecular weight excluding hydrogens is 346 g/mol. The lowest BCUT2D eigenvalue weighted by atomic mass is 9.88. The number of benzene rings is 1. The number of nitrogens with zero attached hydrogens (tertiary/aromatic N) is 1. The zero-order valence-electron chi connectivity index (χ0n) is 14.7. The molecule has 0 bridgehead atoms. The molecule has 8 heteroatoms. The van der Waals surface area contributed by atoms with Crippen LogP contribution in [-0.2, 0) is 11.3 Å². The van der Waals surface area contributed by atoms with Gasteiger partial charge < -0.3 is 9.30 Å². The van der Waals surface area contributed by atoms with Crippen LogP contribution in [-0.4, -0.2) is 22.8 Å². The molecule has 1 amide bonds. The van der Waals surface area contributed by atoms with Crippen molar-refractivity contribution in [2.45, 2.75) is 26.8 Å². The Morgan fingerprint density at radius 3 is 2.62 bits per heavy atom. The molecule has 0 unspecified atom stereocenters. The summed E-state index contributed by atoms with van der Waals surface area (Å²) in [5.41, 5.74) is -0.182. The Kier molecular flexibility index (Phi) is 5.76. The minimum absolute atomic E-state index is 0.0526. The average molecular weight is 366 g/mol. The maximum Gasteiger partial charge on any atom is 0.251 e. The van der Waals surface area contributed by atoms with Crippen LogP contribution in [0.3, 0.4) is 0 Å². The molecule has 0 spiro atoms. The highest BCUT2D eigenvalue weighted by molar-refractivity contribution is 5.80. The maximum atomic E-state index is 14.5. The van der Waals surface area contributed by atoms with Crippen molar-refractivity contribution in [3.05, 3.63) is 52.5 Å². The van der Waals surface area contributed by atoms with Crippen molar-refractivity contribution in [3.8, 4) is 16.9 Å². The minimum Gasteiger partial charge on any atom is -0.494 e. The summed E-state index contributed by atoms with van der Waals surface area (Å²) in [4.78, 5) is 23.8. The molecule has 2 rings (SSSR count). The summed E-state index contributed by atoms with van der Waals surface area (Å²) < 4.78 is 34.8. The topological polar surface area (TPSA) is 80.6 Å². The summed E-state index contributed by atoms with van der Waals surface area (Å²) in [6, 6.07) is 5.26. The number of hydrogen-bond acceptors (Lipinski definition) is 4. The van der Waals surface area contributed by atoms with Crippen LogP contribution in [0.25, 0.3) is 11.1 Å². The fourth-order valence-corrected chi connectivity index (χ4v) is 2.47.